The first kappa shape index (κ1) is 53.5. The average Bonchev–Trinajstić information content (AvgIpc) is 2.08. The zero-order valence-electron chi connectivity index (χ0n) is 51.6. The summed E-state index contributed by atoms with van der Waals surface area (Å²) in [6.07, 6.45) is 6.72. The Hall–Kier alpha value is -7.56. The fourth-order valence-corrected chi connectivity index (χ4v) is 16.1. The van der Waals surface area contributed by atoms with Crippen molar-refractivity contribution in [1.82, 2.24) is 0 Å². The molecule has 0 radical (unpaired) electrons. The van der Waals surface area contributed by atoms with E-state index < -0.39 is 0 Å². The minimum atomic E-state index is -0.238. The summed E-state index contributed by atoms with van der Waals surface area (Å²) in [6.45, 7) is 31.0. The van der Waals surface area contributed by atoms with E-state index in [4.69, 9.17) is 0 Å². The van der Waals surface area contributed by atoms with Gasteiger partial charge < -0.3 is 14.7 Å². The highest BCUT2D eigenvalue weighted by atomic mass is 15.3. The standard InChI is InChI=1S/C79H82BN3/c1-51-41-71-73-72(42-51)82(67-36-32-58(75(5,6)7)46-62(67)53-27-19-15-20-28-53)70-44-55-50-77(11,12)49-54(55)43-64(70)80(73)65-48-60(34-38-69(65)81(71)66-35-31-57(74(2,3)4)45-61(66)52-25-17-14-18-26-52)83-68-37-33-59(76(8,9)10)47-63(68)79(56-29-21-16-22-30-56)40-24-23-39-78(79,83)13/h14-22,25-38,41-48H,23-24,39-40,49-50H2,1-13H3. The molecule has 4 heteroatoms. The van der Waals surface area contributed by atoms with Gasteiger partial charge in [-0.15, -0.1) is 0 Å². The number of fused-ring (bicyclic) bond motifs is 8. The van der Waals surface area contributed by atoms with Crippen LogP contribution >= 0.6 is 0 Å². The molecule has 0 spiro atoms. The summed E-state index contributed by atoms with van der Waals surface area (Å²) in [5.74, 6) is 0. The normalized spacial score (nSPS) is 19.4. The molecule has 14 rings (SSSR count). The van der Waals surface area contributed by atoms with Crippen molar-refractivity contribution in [2.75, 3.05) is 14.7 Å². The van der Waals surface area contributed by atoms with Gasteiger partial charge in [0, 0.05) is 50.7 Å². The van der Waals surface area contributed by atoms with E-state index in [-0.39, 0.29) is 39.3 Å². The van der Waals surface area contributed by atoms with Gasteiger partial charge in [-0.25, -0.2) is 0 Å². The Morgan fingerprint density at radius 1 is 0.422 bits per heavy atom. The van der Waals surface area contributed by atoms with E-state index in [2.05, 4.69) is 293 Å². The van der Waals surface area contributed by atoms with E-state index in [0.717, 1.165) is 25.7 Å². The Bertz CT molecular complexity index is 4060. The maximum Gasteiger partial charge on any atom is 0.252 e. The predicted octanol–water partition coefficient (Wildman–Crippen LogP) is 19.2. The first-order valence-corrected chi connectivity index (χ1v) is 31.0. The highest BCUT2D eigenvalue weighted by Gasteiger charge is 2.61. The summed E-state index contributed by atoms with van der Waals surface area (Å²) < 4.78 is 0. The van der Waals surface area contributed by atoms with Crippen LogP contribution in [0.25, 0.3) is 22.3 Å². The van der Waals surface area contributed by atoms with Gasteiger partial charge in [-0.05, 0) is 200 Å². The van der Waals surface area contributed by atoms with Crippen molar-refractivity contribution >= 4 is 68.6 Å². The van der Waals surface area contributed by atoms with Gasteiger partial charge in [-0.1, -0.05) is 210 Å². The molecule has 3 heterocycles. The average molecular weight is 1080 g/mol. The van der Waals surface area contributed by atoms with Crippen molar-refractivity contribution in [1.29, 1.82) is 0 Å². The molecule has 0 N–H and O–H groups in total. The first-order chi connectivity index (χ1) is 39.5. The smallest absolute Gasteiger partial charge is 0.252 e. The minimum absolute atomic E-state index is 0.00194. The molecule has 0 aromatic heterocycles. The number of anilines is 8. The molecule has 1 fully saturated rings. The summed E-state index contributed by atoms with van der Waals surface area (Å²) in [5.41, 5.74) is 29.9. The van der Waals surface area contributed by atoms with Gasteiger partial charge in [-0.2, -0.15) is 0 Å². The highest BCUT2D eigenvalue weighted by molar-refractivity contribution is 7.00. The summed E-state index contributed by atoms with van der Waals surface area (Å²) in [6, 6.07) is 74.3. The van der Waals surface area contributed by atoms with Crippen molar-refractivity contribution < 1.29 is 0 Å². The van der Waals surface area contributed by atoms with Crippen molar-refractivity contribution in [3.63, 3.8) is 0 Å². The van der Waals surface area contributed by atoms with Crippen molar-refractivity contribution in [3.05, 3.63) is 233 Å². The summed E-state index contributed by atoms with van der Waals surface area (Å²) in [7, 11) is 0. The molecule has 0 saturated heterocycles. The number of nitrogens with zero attached hydrogens (tertiary/aromatic N) is 3. The van der Waals surface area contributed by atoms with Crippen LogP contribution in [0.4, 0.5) is 45.5 Å². The van der Waals surface area contributed by atoms with Gasteiger partial charge in [0.1, 0.15) is 0 Å². The fourth-order valence-electron chi connectivity index (χ4n) is 16.1. The summed E-state index contributed by atoms with van der Waals surface area (Å²) >= 11 is 0. The molecule has 1 saturated carbocycles. The van der Waals surface area contributed by atoms with Crippen LogP contribution in [0.3, 0.4) is 0 Å². The quantitative estimate of drug-likeness (QED) is 0.154. The SMILES string of the molecule is Cc1cc2c3c(c1)N(c1ccc(C(C)(C)C)cc1-c1ccccc1)c1cc4c(cc1B3c1cc(N3c5ccc(C(C)(C)C)cc5C5(c6ccccc6)CCCCC35C)ccc1N2c1ccc(C(C)(C)C)cc1-c1ccccc1)CC(C)(C)C4. The van der Waals surface area contributed by atoms with Crippen LogP contribution in [0, 0.1) is 12.3 Å². The van der Waals surface area contributed by atoms with Gasteiger partial charge in [0.15, 0.2) is 0 Å². The molecule has 0 amide bonds. The Morgan fingerprint density at radius 3 is 1.45 bits per heavy atom. The zero-order valence-corrected chi connectivity index (χ0v) is 51.6. The van der Waals surface area contributed by atoms with E-state index >= 15 is 0 Å². The van der Waals surface area contributed by atoms with Gasteiger partial charge >= 0.3 is 0 Å². The molecule has 3 nitrogen and oxygen atoms in total. The third kappa shape index (κ3) is 8.34. The lowest BCUT2D eigenvalue weighted by Crippen LogP contribution is -2.62. The lowest BCUT2D eigenvalue weighted by atomic mass is 9.33. The van der Waals surface area contributed by atoms with Crippen molar-refractivity contribution in [2.24, 2.45) is 5.41 Å². The molecule has 5 aliphatic rings. The van der Waals surface area contributed by atoms with Crippen molar-refractivity contribution in [3.8, 4) is 22.3 Å². The second kappa shape index (κ2) is 18.7. The third-order valence-corrected chi connectivity index (χ3v) is 20.2. The Balaban J connectivity index is 1.09. The lowest BCUT2D eigenvalue weighted by Gasteiger charge is -2.52. The number of hydrogen-bond acceptors (Lipinski definition) is 3. The van der Waals surface area contributed by atoms with Crippen LogP contribution in [-0.2, 0) is 34.5 Å². The van der Waals surface area contributed by atoms with Crippen LogP contribution in [0.1, 0.15) is 153 Å². The van der Waals surface area contributed by atoms with E-state index in [0.29, 0.717) is 0 Å². The molecule has 416 valence electrons. The van der Waals surface area contributed by atoms with Gasteiger partial charge in [-0.3, -0.25) is 0 Å². The maximum atomic E-state index is 2.84. The third-order valence-electron chi connectivity index (χ3n) is 20.2. The molecular weight excluding hydrogens is 1000 g/mol. The number of aryl methyl sites for hydroxylation is 1. The van der Waals surface area contributed by atoms with Crippen LogP contribution < -0.4 is 31.1 Å². The topological polar surface area (TPSA) is 9.72 Å². The monoisotopic (exact) mass is 1080 g/mol. The molecule has 9 aromatic carbocycles. The van der Waals surface area contributed by atoms with E-state index in [9.17, 15) is 0 Å². The summed E-state index contributed by atoms with van der Waals surface area (Å²) in [5, 5.41) is 0. The molecule has 2 aliphatic carbocycles. The molecule has 2 unspecified atom stereocenters. The molecule has 9 aromatic rings. The predicted molar refractivity (Wildman–Crippen MR) is 356 cm³/mol. The zero-order chi connectivity index (χ0) is 57.8. The number of rotatable bonds is 6. The second-order valence-electron chi connectivity index (χ2n) is 29.5. The Labute approximate surface area is 496 Å². The molecule has 0 bridgehead atoms. The molecule has 2 atom stereocenters. The number of hydrogen-bond donors (Lipinski definition) is 0. The largest absolute Gasteiger partial charge is 0.334 e. The first-order valence-electron chi connectivity index (χ1n) is 31.0. The highest BCUT2D eigenvalue weighted by Crippen LogP contribution is 2.64. The van der Waals surface area contributed by atoms with Crippen LogP contribution in [0.15, 0.2) is 188 Å². The van der Waals surface area contributed by atoms with E-state index in [1.165, 1.54) is 141 Å². The number of benzene rings is 9. The molecular formula is C79H82BN3. The lowest BCUT2D eigenvalue weighted by molar-refractivity contribution is 0.215. The van der Waals surface area contributed by atoms with E-state index in [1.54, 1.807) is 0 Å². The van der Waals surface area contributed by atoms with Crippen molar-refractivity contribution in [2.45, 2.75) is 156 Å². The van der Waals surface area contributed by atoms with E-state index in [1.807, 2.05) is 0 Å². The van der Waals surface area contributed by atoms with Gasteiger partial charge in [0.2, 0.25) is 0 Å². The molecule has 83 heavy (non-hydrogen) atoms. The van der Waals surface area contributed by atoms with Gasteiger partial charge in [0.25, 0.3) is 6.71 Å². The second-order valence-corrected chi connectivity index (χ2v) is 29.5. The van der Waals surface area contributed by atoms with Gasteiger partial charge in [0.05, 0.1) is 16.9 Å². The fraction of sp³-hybridized carbons (Fsp3) is 0.316. The Morgan fingerprint density at radius 2 is 0.892 bits per heavy atom. The maximum absolute atomic E-state index is 2.84. The molecule has 3 aliphatic heterocycles. The Kier molecular flexibility index (Phi) is 12.1. The van der Waals surface area contributed by atoms with Crippen LogP contribution in [-0.4, -0.2) is 12.3 Å². The summed E-state index contributed by atoms with van der Waals surface area (Å²) in [4.78, 5) is 8.22. The minimum Gasteiger partial charge on any atom is -0.334 e. The van der Waals surface area contributed by atoms with Crippen LogP contribution in [0.2, 0.25) is 0 Å². The van der Waals surface area contributed by atoms with Crippen LogP contribution in [0.5, 0.6) is 0 Å².